The standard InChI is InChI=1S/C21H28N6O/c1-14-12-19(27-18(22-14)11-15(2)23-27)25-10-6-7-16(25)13-26-20(28)9-8-17(24-26)21(3,4)5/h8-9,11-12,16H,6-7,10,13H2,1-5H3. The summed E-state index contributed by atoms with van der Waals surface area (Å²) in [5.41, 5.74) is 3.57. The summed E-state index contributed by atoms with van der Waals surface area (Å²) in [4.78, 5) is 19.4. The Bertz CT molecular complexity index is 1070. The summed E-state index contributed by atoms with van der Waals surface area (Å²) in [6, 6.07) is 7.77. The van der Waals surface area contributed by atoms with E-state index in [0.29, 0.717) is 6.54 Å². The second kappa shape index (κ2) is 6.72. The average molecular weight is 380 g/mol. The number of aromatic nitrogens is 5. The molecular weight excluding hydrogens is 352 g/mol. The first-order valence-electron chi connectivity index (χ1n) is 9.92. The van der Waals surface area contributed by atoms with E-state index in [1.165, 1.54) is 0 Å². The normalized spacial score (nSPS) is 17.6. The molecule has 0 aliphatic carbocycles. The first-order valence-corrected chi connectivity index (χ1v) is 9.92. The third-order valence-electron chi connectivity index (χ3n) is 5.35. The van der Waals surface area contributed by atoms with Crippen LogP contribution in [0.4, 0.5) is 5.82 Å². The van der Waals surface area contributed by atoms with Crippen LogP contribution in [0, 0.1) is 13.8 Å². The molecule has 7 nitrogen and oxygen atoms in total. The van der Waals surface area contributed by atoms with E-state index < -0.39 is 0 Å². The van der Waals surface area contributed by atoms with Gasteiger partial charge in [0.2, 0.25) is 0 Å². The monoisotopic (exact) mass is 380 g/mol. The van der Waals surface area contributed by atoms with Crippen molar-refractivity contribution in [2.75, 3.05) is 11.4 Å². The Balaban J connectivity index is 1.70. The molecule has 0 N–H and O–H groups in total. The van der Waals surface area contributed by atoms with Crippen molar-refractivity contribution in [2.45, 2.75) is 65.5 Å². The first kappa shape index (κ1) is 18.7. The number of rotatable bonds is 3. The van der Waals surface area contributed by atoms with Gasteiger partial charge in [-0.3, -0.25) is 4.79 Å². The lowest BCUT2D eigenvalue weighted by Crippen LogP contribution is -2.38. The van der Waals surface area contributed by atoms with Gasteiger partial charge in [0.25, 0.3) is 5.56 Å². The molecule has 0 spiro atoms. The third-order valence-corrected chi connectivity index (χ3v) is 5.35. The molecule has 1 aliphatic heterocycles. The van der Waals surface area contributed by atoms with Crippen LogP contribution in [0.15, 0.2) is 29.1 Å². The van der Waals surface area contributed by atoms with Gasteiger partial charge in [0.1, 0.15) is 5.82 Å². The number of fused-ring (bicyclic) bond motifs is 1. The summed E-state index contributed by atoms with van der Waals surface area (Å²) in [5, 5.41) is 9.29. The Morgan fingerprint density at radius 2 is 1.89 bits per heavy atom. The maximum Gasteiger partial charge on any atom is 0.266 e. The summed E-state index contributed by atoms with van der Waals surface area (Å²) in [5.74, 6) is 1.04. The number of hydrogen-bond donors (Lipinski definition) is 0. The Morgan fingerprint density at radius 1 is 1.11 bits per heavy atom. The van der Waals surface area contributed by atoms with Crippen molar-refractivity contribution in [2.24, 2.45) is 0 Å². The maximum atomic E-state index is 12.5. The minimum atomic E-state index is -0.0915. The summed E-state index contributed by atoms with van der Waals surface area (Å²) in [7, 11) is 0. The van der Waals surface area contributed by atoms with E-state index >= 15 is 0 Å². The lowest BCUT2D eigenvalue weighted by molar-refractivity contribution is 0.455. The van der Waals surface area contributed by atoms with Crippen molar-refractivity contribution >= 4 is 11.5 Å². The fourth-order valence-electron chi connectivity index (χ4n) is 3.91. The Hall–Kier alpha value is -2.70. The van der Waals surface area contributed by atoms with Gasteiger partial charge in [-0.1, -0.05) is 20.8 Å². The van der Waals surface area contributed by atoms with E-state index in [1.54, 1.807) is 10.7 Å². The van der Waals surface area contributed by atoms with E-state index in [4.69, 9.17) is 0 Å². The molecule has 4 heterocycles. The number of anilines is 1. The molecular formula is C21H28N6O. The maximum absolute atomic E-state index is 12.5. The molecule has 0 aromatic carbocycles. The van der Waals surface area contributed by atoms with Crippen molar-refractivity contribution in [3.8, 4) is 0 Å². The van der Waals surface area contributed by atoms with Gasteiger partial charge >= 0.3 is 0 Å². The van der Waals surface area contributed by atoms with Crippen molar-refractivity contribution in [3.63, 3.8) is 0 Å². The zero-order chi connectivity index (χ0) is 20.1. The summed E-state index contributed by atoms with van der Waals surface area (Å²) < 4.78 is 3.55. The highest BCUT2D eigenvalue weighted by molar-refractivity contribution is 5.53. The molecule has 1 atom stereocenters. The molecule has 4 rings (SSSR count). The Labute approximate surface area is 165 Å². The van der Waals surface area contributed by atoms with Crippen molar-refractivity contribution in [3.05, 3.63) is 51.7 Å². The highest BCUT2D eigenvalue weighted by Crippen LogP contribution is 2.27. The number of nitrogens with zero attached hydrogens (tertiary/aromatic N) is 6. The van der Waals surface area contributed by atoms with E-state index in [2.05, 4.69) is 46.9 Å². The van der Waals surface area contributed by atoms with Crippen LogP contribution in [-0.2, 0) is 12.0 Å². The van der Waals surface area contributed by atoms with Gasteiger partial charge in [-0.05, 0) is 32.8 Å². The van der Waals surface area contributed by atoms with Crippen LogP contribution in [0.5, 0.6) is 0 Å². The molecule has 1 aliphatic rings. The van der Waals surface area contributed by atoms with Crippen molar-refractivity contribution < 1.29 is 0 Å². The lowest BCUT2D eigenvalue weighted by atomic mass is 9.92. The second-order valence-electron chi connectivity index (χ2n) is 8.79. The van der Waals surface area contributed by atoms with Crippen molar-refractivity contribution in [1.29, 1.82) is 0 Å². The quantitative estimate of drug-likeness (QED) is 0.699. The van der Waals surface area contributed by atoms with Gasteiger partial charge in [0.15, 0.2) is 5.65 Å². The smallest absolute Gasteiger partial charge is 0.266 e. The van der Waals surface area contributed by atoms with Gasteiger partial charge in [0.05, 0.1) is 24.0 Å². The fraction of sp³-hybridized carbons (Fsp3) is 0.524. The van der Waals surface area contributed by atoms with Gasteiger partial charge in [0, 0.05) is 35.9 Å². The zero-order valence-corrected chi connectivity index (χ0v) is 17.3. The largest absolute Gasteiger partial charge is 0.352 e. The molecule has 0 bridgehead atoms. The minimum absolute atomic E-state index is 0.0501. The molecule has 0 saturated carbocycles. The zero-order valence-electron chi connectivity index (χ0n) is 17.3. The van der Waals surface area contributed by atoms with Crippen LogP contribution >= 0.6 is 0 Å². The van der Waals surface area contributed by atoms with Crippen LogP contribution in [-0.4, -0.2) is 37.0 Å². The van der Waals surface area contributed by atoms with Crippen LogP contribution in [0.3, 0.4) is 0 Å². The number of aryl methyl sites for hydroxylation is 2. The van der Waals surface area contributed by atoms with Gasteiger partial charge < -0.3 is 4.90 Å². The van der Waals surface area contributed by atoms with Crippen LogP contribution < -0.4 is 10.5 Å². The van der Waals surface area contributed by atoms with Gasteiger partial charge in [-0.2, -0.15) is 14.7 Å². The van der Waals surface area contributed by atoms with Crippen molar-refractivity contribution in [1.82, 2.24) is 24.4 Å². The number of hydrogen-bond acceptors (Lipinski definition) is 5. The van der Waals surface area contributed by atoms with E-state index in [9.17, 15) is 4.79 Å². The molecule has 1 unspecified atom stereocenters. The highest BCUT2D eigenvalue weighted by atomic mass is 16.1. The van der Waals surface area contributed by atoms with E-state index in [0.717, 1.165) is 47.9 Å². The summed E-state index contributed by atoms with van der Waals surface area (Å²) in [6.45, 7) is 11.8. The molecule has 1 fully saturated rings. The second-order valence-corrected chi connectivity index (χ2v) is 8.79. The third kappa shape index (κ3) is 3.41. The van der Waals surface area contributed by atoms with Crippen LogP contribution in [0.1, 0.15) is 50.7 Å². The van der Waals surface area contributed by atoms with E-state index in [-0.39, 0.29) is 17.0 Å². The minimum Gasteiger partial charge on any atom is -0.352 e. The first-order chi connectivity index (χ1) is 13.2. The highest BCUT2D eigenvalue weighted by Gasteiger charge is 2.28. The predicted octanol–water partition coefficient (Wildman–Crippen LogP) is 2.87. The van der Waals surface area contributed by atoms with Crippen LogP contribution in [0.25, 0.3) is 5.65 Å². The molecule has 3 aromatic rings. The summed E-state index contributed by atoms with van der Waals surface area (Å²) >= 11 is 0. The molecule has 7 heteroatoms. The fourth-order valence-corrected chi connectivity index (χ4v) is 3.91. The topological polar surface area (TPSA) is 68.3 Å². The molecule has 0 amide bonds. The molecule has 28 heavy (non-hydrogen) atoms. The SMILES string of the molecule is Cc1cc(N2CCCC2Cn2nc(C(C)(C)C)ccc2=O)n2nc(C)cc2n1. The Kier molecular flexibility index (Phi) is 4.48. The molecule has 3 aromatic heterocycles. The molecule has 1 saturated heterocycles. The predicted molar refractivity (Wildman–Crippen MR) is 110 cm³/mol. The van der Waals surface area contributed by atoms with Gasteiger partial charge in [-0.15, -0.1) is 0 Å². The van der Waals surface area contributed by atoms with Crippen LogP contribution in [0.2, 0.25) is 0 Å². The lowest BCUT2D eigenvalue weighted by Gasteiger charge is -2.28. The average Bonchev–Trinajstić information content (AvgIpc) is 3.20. The Morgan fingerprint density at radius 3 is 2.64 bits per heavy atom. The van der Waals surface area contributed by atoms with Gasteiger partial charge in [-0.25, -0.2) is 9.67 Å². The van der Waals surface area contributed by atoms with E-state index in [1.807, 2.05) is 30.5 Å². The summed E-state index contributed by atoms with van der Waals surface area (Å²) in [6.07, 6.45) is 2.11. The molecule has 0 radical (unpaired) electrons. The molecule has 148 valence electrons.